The fraction of sp³-hybridized carbons (Fsp3) is 1.00. The number of rotatable bonds is 30. The summed E-state index contributed by atoms with van der Waals surface area (Å²) < 4.78 is 18.0. The van der Waals surface area contributed by atoms with Crippen molar-refractivity contribution in [3.8, 4) is 0 Å². The molecule has 0 aliphatic heterocycles. The van der Waals surface area contributed by atoms with E-state index in [-0.39, 0.29) is 21.2 Å². The normalized spacial score (nSPS) is 12.0. The molecule has 0 fully saturated rings. The lowest BCUT2D eigenvalue weighted by Crippen LogP contribution is -2.17. The van der Waals surface area contributed by atoms with Crippen molar-refractivity contribution in [2.45, 2.75) is 162 Å². The van der Waals surface area contributed by atoms with Gasteiger partial charge in [-0.1, -0.05) is 129 Å². The minimum absolute atomic E-state index is 0.291. The first-order chi connectivity index (χ1) is 16.8. The van der Waals surface area contributed by atoms with Gasteiger partial charge in [0.25, 0.3) is 0 Å². The quantitative estimate of drug-likeness (QED) is 0.0537. The van der Waals surface area contributed by atoms with Crippen molar-refractivity contribution in [3.63, 3.8) is 0 Å². The zero-order valence-electron chi connectivity index (χ0n) is 23.7. The van der Waals surface area contributed by atoms with E-state index in [9.17, 15) is 0 Å². The van der Waals surface area contributed by atoms with E-state index in [2.05, 4.69) is 20.8 Å². The largest absolute Gasteiger partial charge is 0.424 e. The van der Waals surface area contributed by atoms with Crippen LogP contribution >= 0.6 is 0 Å². The van der Waals surface area contributed by atoms with E-state index in [0.717, 1.165) is 25.6 Å². The maximum atomic E-state index is 6.19. The lowest BCUT2D eigenvalue weighted by Gasteiger charge is -2.07. The van der Waals surface area contributed by atoms with Crippen molar-refractivity contribution in [1.82, 2.24) is 0 Å². The Hall–Kier alpha value is 0.447. The van der Waals surface area contributed by atoms with Crippen LogP contribution in [0.4, 0.5) is 0 Å². The monoisotopic (exact) mass is 519 g/mol. The molecule has 0 N–H and O–H groups in total. The molecule has 206 valence electrons. The maximum Gasteiger partial charge on any atom is 0.314 e. The van der Waals surface area contributed by atoms with Crippen LogP contribution in [0.3, 0.4) is 0 Å². The zero-order chi connectivity index (χ0) is 24.8. The van der Waals surface area contributed by atoms with E-state index in [1.807, 2.05) is 0 Å². The van der Waals surface area contributed by atoms with E-state index in [0.29, 0.717) is 0 Å². The van der Waals surface area contributed by atoms with Crippen LogP contribution in [-0.2, 0) is 24.2 Å². The summed E-state index contributed by atoms with van der Waals surface area (Å²) in [7, 11) is -0.324. The van der Waals surface area contributed by atoms with Gasteiger partial charge in [0.15, 0.2) is 15.5 Å². The first-order valence-corrected chi connectivity index (χ1v) is 18.2. The molecule has 0 rings (SSSR count). The average Bonchev–Trinajstić information content (AvgIpc) is 2.85. The van der Waals surface area contributed by atoms with Crippen LogP contribution in [0.15, 0.2) is 0 Å². The number of hydrogen-bond donors (Lipinski definition) is 0. The molecular weight excluding hydrogens is 456 g/mol. The molecule has 0 aromatic rings. The van der Waals surface area contributed by atoms with Gasteiger partial charge in [-0.3, -0.25) is 0 Å². The molecule has 0 unspecified atom stereocenters. The highest BCUT2D eigenvalue weighted by Gasteiger charge is 2.22. The second-order valence-corrected chi connectivity index (χ2v) is 12.9. The minimum atomic E-state index is -0.324. The van der Waals surface area contributed by atoms with Gasteiger partial charge in [0.2, 0.25) is 0 Å². The highest BCUT2D eigenvalue weighted by Crippen LogP contribution is 2.14. The summed E-state index contributed by atoms with van der Waals surface area (Å²) in [6.45, 7) is 9.31. The Labute approximate surface area is 221 Å². The molecule has 0 atom stereocenters. The molecule has 0 saturated heterocycles. The molecule has 0 aliphatic rings. The lowest BCUT2D eigenvalue weighted by molar-refractivity contribution is 0.254. The van der Waals surface area contributed by atoms with Gasteiger partial charge in [-0.15, -0.1) is 8.37 Å². The van der Waals surface area contributed by atoms with Crippen LogP contribution in [0, 0.1) is 0 Å². The molecule has 34 heavy (non-hydrogen) atoms. The first kappa shape index (κ1) is 34.4. The van der Waals surface area contributed by atoms with Gasteiger partial charge in [-0.05, 0) is 32.2 Å². The third kappa shape index (κ3) is 28.7. The Kier molecular flexibility index (Phi) is 31.9. The molecule has 0 aromatic carbocycles. The molecule has 0 saturated carbocycles. The molecule has 0 aromatic heterocycles. The Balaban J connectivity index is 3.73. The van der Waals surface area contributed by atoms with Gasteiger partial charge >= 0.3 is 11.5 Å². The fourth-order valence-corrected chi connectivity index (χ4v) is 6.86. The molecule has 0 spiro atoms. The van der Waals surface area contributed by atoms with Gasteiger partial charge in [-0.2, -0.15) is 0 Å². The molecule has 0 heterocycles. The van der Waals surface area contributed by atoms with Crippen molar-refractivity contribution in [1.29, 1.82) is 0 Å². The minimum Gasteiger partial charge on any atom is -0.424 e. The van der Waals surface area contributed by atoms with Gasteiger partial charge < -0.3 is 4.43 Å². The van der Waals surface area contributed by atoms with Crippen molar-refractivity contribution in [2.24, 2.45) is 0 Å². The van der Waals surface area contributed by atoms with Crippen LogP contribution < -0.4 is 0 Å². The number of unbranched alkanes of at least 4 members (excludes halogenated alkanes) is 18. The van der Waals surface area contributed by atoms with Crippen molar-refractivity contribution in [3.05, 3.63) is 0 Å². The summed E-state index contributed by atoms with van der Waals surface area (Å²) in [6.07, 6.45) is 28.7. The molecule has 3 nitrogen and oxygen atoms in total. The topological polar surface area (TPSA) is 27.7 Å². The SMILES string of the molecule is CCCCCCCCCCCCO[S+](CCC[SiH2]OCC)OCCCCCCCCCCCC. The van der Waals surface area contributed by atoms with E-state index < -0.39 is 0 Å². The fourth-order valence-electron chi connectivity index (χ4n) is 4.20. The van der Waals surface area contributed by atoms with Crippen molar-refractivity contribution < 1.29 is 12.8 Å². The molecule has 0 aliphatic carbocycles. The summed E-state index contributed by atoms with van der Waals surface area (Å²) in [5.41, 5.74) is 0. The van der Waals surface area contributed by atoms with Crippen LogP contribution in [0.1, 0.15) is 156 Å². The smallest absolute Gasteiger partial charge is 0.314 e. The van der Waals surface area contributed by atoms with Gasteiger partial charge in [0, 0.05) is 6.61 Å². The maximum absolute atomic E-state index is 6.19. The predicted molar refractivity (Wildman–Crippen MR) is 157 cm³/mol. The summed E-state index contributed by atoms with van der Waals surface area (Å²) >= 11 is -0.291. The van der Waals surface area contributed by atoms with Gasteiger partial charge in [0.1, 0.15) is 13.2 Å². The van der Waals surface area contributed by atoms with Crippen LogP contribution in [0.5, 0.6) is 0 Å². The van der Waals surface area contributed by atoms with Crippen LogP contribution in [0.25, 0.3) is 0 Å². The predicted octanol–water partition coefficient (Wildman–Crippen LogP) is 9.24. The molecule has 0 bridgehead atoms. The Morgan fingerprint density at radius 3 is 1.24 bits per heavy atom. The molecule has 0 amide bonds. The lowest BCUT2D eigenvalue weighted by atomic mass is 10.1. The van der Waals surface area contributed by atoms with E-state index >= 15 is 0 Å². The third-order valence-electron chi connectivity index (χ3n) is 6.48. The van der Waals surface area contributed by atoms with Gasteiger partial charge in [-0.25, -0.2) is 0 Å². The van der Waals surface area contributed by atoms with Crippen molar-refractivity contribution >= 4 is 21.2 Å². The Morgan fingerprint density at radius 1 is 0.471 bits per heavy atom. The third-order valence-corrected chi connectivity index (χ3v) is 9.45. The van der Waals surface area contributed by atoms with E-state index in [1.165, 1.54) is 141 Å². The Morgan fingerprint density at radius 2 is 0.853 bits per heavy atom. The highest BCUT2D eigenvalue weighted by atomic mass is 32.2. The summed E-state index contributed by atoms with van der Waals surface area (Å²) in [6, 6.07) is 1.25. The second-order valence-electron chi connectivity index (χ2n) is 9.92. The standard InChI is InChI=1S/C29H63O3SSi/c1-4-7-9-11-13-15-17-19-21-23-26-30-33(28-25-29-34-32-6-3)31-27-24-22-20-18-16-14-12-10-8-5-2/h4-29,34H2,1-3H3/q+1. The van der Waals surface area contributed by atoms with Crippen LogP contribution in [-0.4, -0.2) is 35.3 Å². The average molecular weight is 520 g/mol. The van der Waals surface area contributed by atoms with Crippen LogP contribution in [0.2, 0.25) is 6.04 Å². The van der Waals surface area contributed by atoms with Gasteiger partial charge in [0.05, 0.1) is 0 Å². The second kappa shape index (κ2) is 31.5. The molecular formula is C29H63O3SSi+. The summed E-state index contributed by atoms with van der Waals surface area (Å²) in [4.78, 5) is 0. The van der Waals surface area contributed by atoms with E-state index in [4.69, 9.17) is 12.8 Å². The van der Waals surface area contributed by atoms with E-state index in [1.54, 1.807) is 0 Å². The zero-order valence-corrected chi connectivity index (χ0v) is 26.0. The summed E-state index contributed by atoms with van der Waals surface area (Å²) in [5.74, 6) is 1.07. The Bertz CT molecular complexity index is 334. The summed E-state index contributed by atoms with van der Waals surface area (Å²) in [5, 5.41) is 0. The molecule has 5 heteroatoms. The molecule has 0 radical (unpaired) electrons. The first-order valence-electron chi connectivity index (χ1n) is 15.4. The van der Waals surface area contributed by atoms with Crippen molar-refractivity contribution in [2.75, 3.05) is 25.6 Å². The number of hydrogen-bond acceptors (Lipinski definition) is 3. The highest BCUT2D eigenvalue weighted by molar-refractivity contribution is 7.87.